The number of hydrogen-bond acceptors (Lipinski definition) is 5. The highest BCUT2D eigenvalue weighted by Gasteiger charge is 2.31. The molecule has 1 aromatic carbocycles. The molecule has 3 rings (SSSR count). The highest BCUT2D eigenvalue weighted by atomic mass is 16.6. The Balaban J connectivity index is 2.13. The average molecular weight is 251 g/mol. The molecule has 0 aliphatic carbocycles. The summed E-state index contributed by atoms with van der Waals surface area (Å²) >= 11 is 0. The second-order valence-corrected chi connectivity index (χ2v) is 4.35. The Bertz CT molecular complexity index is 438. The van der Waals surface area contributed by atoms with Gasteiger partial charge in [0.1, 0.15) is 5.75 Å². The summed E-state index contributed by atoms with van der Waals surface area (Å²) in [5.41, 5.74) is 6.32. The second-order valence-electron chi connectivity index (χ2n) is 4.35. The third-order valence-electron chi connectivity index (χ3n) is 3.46. The minimum absolute atomic E-state index is 0.620. The fourth-order valence-corrected chi connectivity index (χ4v) is 2.71. The van der Waals surface area contributed by atoms with Crippen molar-refractivity contribution in [2.24, 2.45) is 0 Å². The SMILES string of the molecule is CONCc1c2c(c(OC)c3c1OCC3)OCC2. The molecule has 0 unspecified atom stereocenters. The Kier molecular flexibility index (Phi) is 3.01. The van der Waals surface area contributed by atoms with Gasteiger partial charge in [0.05, 0.1) is 34.0 Å². The van der Waals surface area contributed by atoms with E-state index in [0.29, 0.717) is 19.8 Å². The van der Waals surface area contributed by atoms with E-state index >= 15 is 0 Å². The molecule has 1 aromatic rings. The van der Waals surface area contributed by atoms with Gasteiger partial charge in [-0.2, -0.15) is 5.48 Å². The van der Waals surface area contributed by atoms with Gasteiger partial charge in [0, 0.05) is 29.5 Å². The van der Waals surface area contributed by atoms with Gasteiger partial charge < -0.3 is 19.0 Å². The summed E-state index contributed by atoms with van der Waals surface area (Å²) in [5.74, 6) is 2.67. The lowest BCUT2D eigenvalue weighted by molar-refractivity contribution is 0.0859. The summed E-state index contributed by atoms with van der Waals surface area (Å²) in [6.45, 7) is 2.03. The summed E-state index contributed by atoms with van der Waals surface area (Å²) in [6.07, 6.45) is 1.76. The standard InChI is InChI=1S/C13H17NO4/c1-15-12-9-4-6-17-11(9)10(7-14-16-2)8-3-5-18-13(8)12/h14H,3-7H2,1-2H3. The van der Waals surface area contributed by atoms with E-state index in [1.54, 1.807) is 14.2 Å². The lowest BCUT2D eigenvalue weighted by Crippen LogP contribution is -2.13. The molecule has 0 amide bonds. The first kappa shape index (κ1) is 11.6. The summed E-state index contributed by atoms with van der Waals surface area (Å²) in [6, 6.07) is 0. The van der Waals surface area contributed by atoms with Crippen molar-refractivity contribution in [2.75, 3.05) is 27.4 Å². The summed E-state index contributed by atoms with van der Waals surface area (Å²) < 4.78 is 17.0. The summed E-state index contributed by atoms with van der Waals surface area (Å²) in [5, 5.41) is 0. The zero-order chi connectivity index (χ0) is 12.5. The molecule has 0 aromatic heterocycles. The van der Waals surface area contributed by atoms with Crippen LogP contribution in [0.5, 0.6) is 17.2 Å². The monoisotopic (exact) mass is 251 g/mol. The minimum atomic E-state index is 0.620. The fourth-order valence-electron chi connectivity index (χ4n) is 2.71. The van der Waals surface area contributed by atoms with E-state index in [0.717, 1.165) is 41.2 Å². The van der Waals surface area contributed by atoms with E-state index < -0.39 is 0 Å². The van der Waals surface area contributed by atoms with E-state index in [1.807, 2.05) is 0 Å². The third kappa shape index (κ3) is 1.62. The van der Waals surface area contributed by atoms with Crippen LogP contribution in [0.2, 0.25) is 0 Å². The largest absolute Gasteiger partial charge is 0.492 e. The topological polar surface area (TPSA) is 49.0 Å². The summed E-state index contributed by atoms with van der Waals surface area (Å²) in [7, 11) is 3.30. The lowest BCUT2D eigenvalue weighted by atomic mass is 9.98. The van der Waals surface area contributed by atoms with Gasteiger partial charge >= 0.3 is 0 Å². The maximum atomic E-state index is 5.76. The Morgan fingerprint density at radius 1 is 1.06 bits per heavy atom. The number of nitrogens with one attached hydrogen (secondary N) is 1. The van der Waals surface area contributed by atoms with E-state index in [9.17, 15) is 0 Å². The molecule has 2 heterocycles. The molecule has 1 N–H and O–H groups in total. The third-order valence-corrected chi connectivity index (χ3v) is 3.46. The molecule has 5 nitrogen and oxygen atoms in total. The van der Waals surface area contributed by atoms with Crippen LogP contribution in [0.25, 0.3) is 0 Å². The maximum absolute atomic E-state index is 5.76. The molecule has 0 saturated carbocycles. The van der Waals surface area contributed by atoms with Crippen LogP contribution in [-0.2, 0) is 24.2 Å². The van der Waals surface area contributed by atoms with Gasteiger partial charge in [-0.25, -0.2) is 0 Å². The van der Waals surface area contributed by atoms with Crippen LogP contribution in [0.1, 0.15) is 16.7 Å². The molecular formula is C13H17NO4. The fraction of sp³-hybridized carbons (Fsp3) is 0.538. The molecule has 18 heavy (non-hydrogen) atoms. The van der Waals surface area contributed by atoms with Gasteiger partial charge in [-0.1, -0.05) is 0 Å². The van der Waals surface area contributed by atoms with Crippen LogP contribution >= 0.6 is 0 Å². The number of hydroxylamine groups is 1. The molecular weight excluding hydrogens is 234 g/mol. The van der Waals surface area contributed by atoms with Crippen molar-refractivity contribution in [1.29, 1.82) is 0 Å². The zero-order valence-corrected chi connectivity index (χ0v) is 10.7. The van der Waals surface area contributed by atoms with Gasteiger partial charge in [0.25, 0.3) is 0 Å². The molecule has 0 bridgehead atoms. The first-order valence-corrected chi connectivity index (χ1v) is 6.12. The van der Waals surface area contributed by atoms with Gasteiger partial charge in [-0.3, -0.25) is 0 Å². The smallest absolute Gasteiger partial charge is 0.168 e. The van der Waals surface area contributed by atoms with E-state index in [1.165, 1.54) is 5.56 Å². The molecule has 2 aliphatic heterocycles. The Morgan fingerprint density at radius 3 is 2.50 bits per heavy atom. The molecule has 0 atom stereocenters. The summed E-state index contributed by atoms with van der Waals surface area (Å²) in [4.78, 5) is 4.94. The van der Waals surface area contributed by atoms with E-state index in [2.05, 4.69) is 5.48 Å². The van der Waals surface area contributed by atoms with Crippen LogP contribution in [0.3, 0.4) is 0 Å². The van der Waals surface area contributed by atoms with E-state index in [4.69, 9.17) is 19.0 Å². The molecule has 98 valence electrons. The van der Waals surface area contributed by atoms with Crippen LogP contribution in [0.4, 0.5) is 0 Å². The highest BCUT2D eigenvalue weighted by molar-refractivity contribution is 5.65. The average Bonchev–Trinajstić information content (AvgIpc) is 3.02. The van der Waals surface area contributed by atoms with Crippen molar-refractivity contribution in [2.45, 2.75) is 19.4 Å². The quantitative estimate of drug-likeness (QED) is 0.815. The molecule has 0 radical (unpaired) electrons. The van der Waals surface area contributed by atoms with Crippen molar-refractivity contribution in [1.82, 2.24) is 5.48 Å². The predicted octanol–water partition coefficient (Wildman–Crippen LogP) is 1.22. The first-order valence-electron chi connectivity index (χ1n) is 6.12. The number of hydrogen-bond donors (Lipinski definition) is 1. The number of benzene rings is 1. The van der Waals surface area contributed by atoms with Gasteiger partial charge in [-0.05, 0) is 0 Å². The van der Waals surface area contributed by atoms with Crippen molar-refractivity contribution in [3.63, 3.8) is 0 Å². The van der Waals surface area contributed by atoms with Crippen molar-refractivity contribution in [3.05, 3.63) is 16.7 Å². The Labute approximate surface area is 106 Å². The van der Waals surface area contributed by atoms with Crippen molar-refractivity contribution < 1.29 is 19.0 Å². The van der Waals surface area contributed by atoms with Crippen LogP contribution in [0.15, 0.2) is 0 Å². The molecule has 2 aliphatic rings. The molecule has 0 saturated heterocycles. The first-order chi connectivity index (χ1) is 8.86. The van der Waals surface area contributed by atoms with Gasteiger partial charge in [0.2, 0.25) is 0 Å². The van der Waals surface area contributed by atoms with Gasteiger partial charge in [0.15, 0.2) is 11.5 Å². The van der Waals surface area contributed by atoms with Crippen LogP contribution in [-0.4, -0.2) is 27.4 Å². The second kappa shape index (κ2) is 4.66. The molecule has 0 spiro atoms. The van der Waals surface area contributed by atoms with Crippen molar-refractivity contribution >= 4 is 0 Å². The molecule has 5 heteroatoms. The maximum Gasteiger partial charge on any atom is 0.168 e. The Hall–Kier alpha value is -1.46. The predicted molar refractivity (Wildman–Crippen MR) is 65.2 cm³/mol. The molecule has 0 fully saturated rings. The number of ether oxygens (including phenoxy) is 3. The lowest BCUT2D eigenvalue weighted by Gasteiger charge is -2.16. The van der Waals surface area contributed by atoms with Crippen LogP contribution in [0, 0.1) is 0 Å². The van der Waals surface area contributed by atoms with Crippen LogP contribution < -0.4 is 19.7 Å². The van der Waals surface area contributed by atoms with Crippen molar-refractivity contribution in [3.8, 4) is 17.2 Å². The minimum Gasteiger partial charge on any atom is -0.492 e. The zero-order valence-electron chi connectivity index (χ0n) is 10.7. The highest BCUT2D eigenvalue weighted by Crippen LogP contribution is 2.48. The number of methoxy groups -OCH3 is 1. The number of fused-ring (bicyclic) bond motifs is 2. The van der Waals surface area contributed by atoms with E-state index in [-0.39, 0.29) is 0 Å². The normalized spacial score (nSPS) is 15.9. The number of rotatable bonds is 4. The van der Waals surface area contributed by atoms with Gasteiger partial charge in [-0.15, -0.1) is 0 Å². The Morgan fingerprint density at radius 2 is 1.78 bits per heavy atom.